The molecule has 0 aliphatic carbocycles. The van der Waals surface area contributed by atoms with E-state index in [-0.39, 0.29) is 23.1 Å². The van der Waals surface area contributed by atoms with Crippen molar-refractivity contribution in [2.24, 2.45) is 0 Å². The van der Waals surface area contributed by atoms with Crippen molar-refractivity contribution in [1.29, 1.82) is 0 Å². The number of aromatic carboxylic acids is 1. The highest BCUT2D eigenvalue weighted by molar-refractivity contribution is 5.97. The molecule has 28 heavy (non-hydrogen) atoms. The number of carboxylic acids is 1. The van der Waals surface area contributed by atoms with Crippen LogP contribution in [0.25, 0.3) is 10.9 Å². The summed E-state index contributed by atoms with van der Waals surface area (Å²) in [6.45, 7) is 6.80. The van der Waals surface area contributed by atoms with Gasteiger partial charge in [-0.1, -0.05) is 6.92 Å². The van der Waals surface area contributed by atoms with Crippen LogP contribution in [0.1, 0.15) is 36.7 Å². The van der Waals surface area contributed by atoms with Crippen LogP contribution in [-0.2, 0) is 0 Å². The largest absolute Gasteiger partial charge is 0.484 e. The minimum absolute atomic E-state index is 0.0479. The molecule has 1 saturated heterocycles. The molecule has 0 saturated carbocycles. The Kier molecular flexibility index (Phi) is 4.53. The van der Waals surface area contributed by atoms with Crippen molar-refractivity contribution in [2.45, 2.75) is 32.4 Å². The SMILES string of the molecule is CC[C@H]1Oc2c(N3CCN(C)CC3)c(F)cc3c(=O)c(C(=O)O)cn(c23)C1C. The summed E-state index contributed by atoms with van der Waals surface area (Å²) in [5, 5.41) is 9.49. The summed E-state index contributed by atoms with van der Waals surface area (Å²) in [5.74, 6) is -1.52. The van der Waals surface area contributed by atoms with Crippen LogP contribution in [0.15, 0.2) is 17.1 Å². The third-order valence-electron chi connectivity index (χ3n) is 5.90. The fourth-order valence-electron chi connectivity index (χ4n) is 4.21. The minimum atomic E-state index is -1.31. The second-order valence-corrected chi connectivity index (χ2v) is 7.61. The molecule has 150 valence electrons. The molecule has 1 unspecified atom stereocenters. The van der Waals surface area contributed by atoms with E-state index in [9.17, 15) is 14.7 Å². The number of benzene rings is 1. The lowest BCUT2D eigenvalue weighted by Crippen LogP contribution is -2.45. The van der Waals surface area contributed by atoms with Crippen molar-refractivity contribution in [2.75, 3.05) is 38.1 Å². The Morgan fingerprint density at radius 1 is 1.32 bits per heavy atom. The molecule has 2 aliphatic rings. The lowest BCUT2D eigenvalue weighted by molar-refractivity contribution is 0.0693. The molecule has 8 heteroatoms. The van der Waals surface area contributed by atoms with Gasteiger partial charge in [0.15, 0.2) is 11.6 Å². The maximum absolute atomic E-state index is 15.2. The van der Waals surface area contributed by atoms with Gasteiger partial charge in [0.1, 0.15) is 17.4 Å². The van der Waals surface area contributed by atoms with Gasteiger partial charge < -0.3 is 24.2 Å². The van der Waals surface area contributed by atoms with Crippen LogP contribution in [0.3, 0.4) is 0 Å². The molecule has 1 aromatic carbocycles. The molecule has 1 aromatic heterocycles. The smallest absolute Gasteiger partial charge is 0.341 e. The van der Waals surface area contributed by atoms with Crippen LogP contribution in [0.5, 0.6) is 5.75 Å². The molecular formula is C20H24FN3O4. The molecule has 4 rings (SSSR count). The van der Waals surface area contributed by atoms with Gasteiger partial charge in [-0.15, -0.1) is 0 Å². The Balaban J connectivity index is 2.02. The molecule has 1 N–H and O–H groups in total. The number of pyridine rings is 1. The van der Waals surface area contributed by atoms with E-state index in [1.165, 1.54) is 12.3 Å². The van der Waals surface area contributed by atoms with Gasteiger partial charge in [0.25, 0.3) is 0 Å². The number of hydrogen-bond acceptors (Lipinski definition) is 5. The number of rotatable bonds is 3. The standard InChI is InChI=1S/C20H24FN3O4/c1-4-15-11(2)24-10-13(20(26)27)18(25)12-9-14(21)17(19(28-15)16(12)24)23-7-5-22(3)6-8-23/h9-11,15H,4-8H2,1-3H3,(H,26,27)/t11?,15-/m1/s1. The number of ether oxygens (including phenoxy) is 1. The first-order chi connectivity index (χ1) is 13.3. The number of carboxylic acid groups (broad SMARTS) is 1. The van der Waals surface area contributed by atoms with E-state index in [4.69, 9.17) is 4.74 Å². The Labute approximate surface area is 161 Å². The summed E-state index contributed by atoms with van der Waals surface area (Å²) >= 11 is 0. The molecule has 2 aliphatic heterocycles. The molecule has 0 bridgehead atoms. The second kappa shape index (κ2) is 6.77. The predicted octanol–water partition coefficient (Wildman–Crippen LogP) is 2.32. The van der Waals surface area contributed by atoms with E-state index < -0.39 is 17.2 Å². The van der Waals surface area contributed by atoms with E-state index in [1.54, 1.807) is 4.57 Å². The zero-order valence-electron chi connectivity index (χ0n) is 16.2. The first-order valence-electron chi connectivity index (χ1n) is 9.58. The van der Waals surface area contributed by atoms with Crippen molar-refractivity contribution in [3.63, 3.8) is 0 Å². The Morgan fingerprint density at radius 2 is 2.00 bits per heavy atom. The van der Waals surface area contributed by atoms with Gasteiger partial charge >= 0.3 is 5.97 Å². The van der Waals surface area contributed by atoms with Gasteiger partial charge in [-0.05, 0) is 26.5 Å². The minimum Gasteiger partial charge on any atom is -0.484 e. The summed E-state index contributed by atoms with van der Waals surface area (Å²) in [6.07, 6.45) is 1.81. The molecule has 7 nitrogen and oxygen atoms in total. The first-order valence-corrected chi connectivity index (χ1v) is 9.58. The molecule has 1 fully saturated rings. The van der Waals surface area contributed by atoms with Crippen molar-refractivity contribution in [3.05, 3.63) is 33.9 Å². The number of anilines is 1. The number of likely N-dealkylation sites (N-methyl/N-ethyl adjacent to an activating group) is 1. The van der Waals surface area contributed by atoms with Crippen LogP contribution in [0.2, 0.25) is 0 Å². The molecule has 0 radical (unpaired) electrons. The van der Waals surface area contributed by atoms with Gasteiger partial charge in [0, 0.05) is 32.4 Å². The lowest BCUT2D eigenvalue weighted by Gasteiger charge is -2.39. The zero-order chi connectivity index (χ0) is 20.2. The molecule has 3 heterocycles. The van der Waals surface area contributed by atoms with Gasteiger partial charge in [-0.2, -0.15) is 0 Å². The number of piperazine rings is 1. The van der Waals surface area contributed by atoms with E-state index in [0.717, 1.165) is 13.1 Å². The highest BCUT2D eigenvalue weighted by Gasteiger charge is 2.34. The predicted molar refractivity (Wildman–Crippen MR) is 104 cm³/mol. The molecule has 2 atom stereocenters. The second-order valence-electron chi connectivity index (χ2n) is 7.61. The molecule has 0 spiro atoms. The van der Waals surface area contributed by atoms with Gasteiger partial charge in [-0.3, -0.25) is 4.79 Å². The van der Waals surface area contributed by atoms with Crippen molar-refractivity contribution < 1.29 is 19.0 Å². The van der Waals surface area contributed by atoms with Crippen LogP contribution in [0.4, 0.5) is 10.1 Å². The van der Waals surface area contributed by atoms with Crippen LogP contribution < -0.4 is 15.1 Å². The van der Waals surface area contributed by atoms with Crippen molar-refractivity contribution in [3.8, 4) is 5.75 Å². The Bertz CT molecular complexity index is 1010. The van der Waals surface area contributed by atoms with E-state index in [1.807, 2.05) is 25.8 Å². The normalized spacial score (nSPS) is 22.4. The van der Waals surface area contributed by atoms with Crippen molar-refractivity contribution in [1.82, 2.24) is 9.47 Å². The fraction of sp³-hybridized carbons (Fsp3) is 0.500. The number of aromatic nitrogens is 1. The fourth-order valence-corrected chi connectivity index (χ4v) is 4.21. The monoisotopic (exact) mass is 389 g/mol. The first kappa shape index (κ1) is 18.7. The van der Waals surface area contributed by atoms with Crippen LogP contribution in [-0.4, -0.2) is 59.9 Å². The van der Waals surface area contributed by atoms with Crippen molar-refractivity contribution >= 4 is 22.6 Å². The summed E-state index contributed by atoms with van der Waals surface area (Å²) in [7, 11) is 2.02. The summed E-state index contributed by atoms with van der Waals surface area (Å²) in [6, 6.07) is 0.990. The molecule has 2 aromatic rings. The van der Waals surface area contributed by atoms with Crippen LogP contribution >= 0.6 is 0 Å². The lowest BCUT2D eigenvalue weighted by atomic mass is 10.0. The average molecular weight is 389 g/mol. The summed E-state index contributed by atoms with van der Waals surface area (Å²) < 4.78 is 23.2. The van der Waals surface area contributed by atoms with Gasteiger partial charge in [0.05, 0.1) is 16.9 Å². The summed E-state index contributed by atoms with van der Waals surface area (Å²) in [4.78, 5) is 28.4. The zero-order valence-corrected chi connectivity index (χ0v) is 16.2. The number of carbonyl (C=O) groups is 1. The quantitative estimate of drug-likeness (QED) is 0.869. The third-order valence-corrected chi connectivity index (χ3v) is 5.90. The number of hydrogen-bond donors (Lipinski definition) is 1. The molecular weight excluding hydrogens is 365 g/mol. The summed E-state index contributed by atoms with van der Waals surface area (Å²) in [5.41, 5.74) is -0.201. The number of halogens is 1. The van der Waals surface area contributed by atoms with Gasteiger partial charge in [0.2, 0.25) is 5.43 Å². The average Bonchev–Trinajstić information content (AvgIpc) is 2.66. The molecule has 0 amide bonds. The highest BCUT2D eigenvalue weighted by atomic mass is 19.1. The maximum atomic E-state index is 15.2. The van der Waals surface area contributed by atoms with E-state index in [0.29, 0.717) is 36.5 Å². The number of nitrogens with zero attached hydrogens (tertiary/aromatic N) is 3. The topological polar surface area (TPSA) is 75.0 Å². The Hall–Kier alpha value is -2.61. The van der Waals surface area contributed by atoms with E-state index >= 15 is 4.39 Å². The van der Waals surface area contributed by atoms with E-state index in [2.05, 4.69) is 4.90 Å². The van der Waals surface area contributed by atoms with Gasteiger partial charge in [-0.25, -0.2) is 9.18 Å². The Morgan fingerprint density at radius 3 is 2.61 bits per heavy atom. The third kappa shape index (κ3) is 2.74. The highest BCUT2D eigenvalue weighted by Crippen LogP contribution is 2.44. The van der Waals surface area contributed by atoms with Crippen LogP contribution in [0, 0.1) is 5.82 Å². The maximum Gasteiger partial charge on any atom is 0.341 e.